The maximum atomic E-state index is 13.6. The van der Waals surface area contributed by atoms with E-state index in [1.807, 2.05) is 11.8 Å². The molecule has 0 spiro atoms. The number of hydrogen-bond donors (Lipinski definition) is 1. The quantitative estimate of drug-likeness (QED) is 0.795. The Bertz CT molecular complexity index is 368. The molecule has 0 atom stereocenters. The van der Waals surface area contributed by atoms with Crippen molar-refractivity contribution in [1.82, 2.24) is 0 Å². The molecule has 1 N–H and O–H groups in total. The van der Waals surface area contributed by atoms with Crippen LogP contribution in [0.25, 0.3) is 0 Å². The maximum absolute atomic E-state index is 13.6. The Morgan fingerprint density at radius 1 is 1.35 bits per heavy atom. The van der Waals surface area contributed by atoms with Gasteiger partial charge in [0.05, 0.1) is 5.69 Å². The third kappa shape index (κ3) is 4.43. The third-order valence-electron chi connectivity index (χ3n) is 2.51. The number of aliphatic carboxylic acids is 1. The number of nitrogens with zero attached hydrogens (tertiary/aromatic N) is 1. The van der Waals surface area contributed by atoms with Crippen LogP contribution in [-0.4, -0.2) is 24.2 Å². The van der Waals surface area contributed by atoms with Crippen LogP contribution < -0.4 is 4.90 Å². The minimum absolute atomic E-state index is 0.120. The Labute approximate surface area is 101 Å². The van der Waals surface area contributed by atoms with Gasteiger partial charge in [-0.3, -0.25) is 4.79 Å². The Kier molecular flexibility index (Phi) is 5.46. The molecule has 0 unspecified atom stereocenters. The van der Waals surface area contributed by atoms with Crippen molar-refractivity contribution in [3.63, 3.8) is 0 Å². The van der Waals surface area contributed by atoms with E-state index in [1.54, 1.807) is 18.2 Å². The van der Waals surface area contributed by atoms with Crippen molar-refractivity contribution >= 4 is 11.7 Å². The third-order valence-corrected chi connectivity index (χ3v) is 2.51. The summed E-state index contributed by atoms with van der Waals surface area (Å²) >= 11 is 0. The molecule has 94 valence electrons. The molecule has 0 aliphatic heterocycles. The summed E-state index contributed by atoms with van der Waals surface area (Å²) in [5.74, 6) is -1.06. The first-order valence-corrected chi connectivity index (χ1v) is 5.86. The average molecular weight is 239 g/mol. The maximum Gasteiger partial charge on any atom is 0.303 e. The molecule has 0 bridgehead atoms. The van der Waals surface area contributed by atoms with Gasteiger partial charge in [0.15, 0.2) is 0 Å². The predicted octanol–water partition coefficient (Wildman–Crippen LogP) is 2.91. The molecule has 0 amide bonds. The molecule has 3 nitrogen and oxygen atoms in total. The van der Waals surface area contributed by atoms with E-state index < -0.39 is 5.97 Å². The summed E-state index contributed by atoms with van der Waals surface area (Å²) in [6, 6.07) is 6.60. The molecule has 4 heteroatoms. The summed E-state index contributed by atoms with van der Waals surface area (Å²) in [7, 11) is 0. The molecule has 0 aromatic heterocycles. The van der Waals surface area contributed by atoms with Crippen LogP contribution >= 0.6 is 0 Å². The number of carboxylic acid groups (broad SMARTS) is 1. The first-order valence-electron chi connectivity index (χ1n) is 5.86. The van der Waals surface area contributed by atoms with Gasteiger partial charge >= 0.3 is 5.97 Å². The van der Waals surface area contributed by atoms with Crippen LogP contribution in [0.2, 0.25) is 0 Å². The van der Waals surface area contributed by atoms with E-state index in [2.05, 4.69) is 0 Å². The summed E-state index contributed by atoms with van der Waals surface area (Å²) in [6.45, 7) is 3.33. The predicted molar refractivity (Wildman–Crippen MR) is 65.8 cm³/mol. The van der Waals surface area contributed by atoms with Crippen LogP contribution in [0.15, 0.2) is 24.3 Å². The normalized spacial score (nSPS) is 10.2. The highest BCUT2D eigenvalue weighted by molar-refractivity contribution is 5.66. The van der Waals surface area contributed by atoms with Crippen LogP contribution in [0, 0.1) is 5.82 Å². The fraction of sp³-hybridized carbons (Fsp3) is 0.462. The molecule has 0 saturated heterocycles. The van der Waals surface area contributed by atoms with Gasteiger partial charge in [0, 0.05) is 19.5 Å². The molecule has 0 saturated carbocycles. The van der Waals surface area contributed by atoms with E-state index in [4.69, 9.17) is 5.11 Å². The lowest BCUT2D eigenvalue weighted by molar-refractivity contribution is -0.137. The largest absolute Gasteiger partial charge is 0.481 e. The number of benzene rings is 1. The van der Waals surface area contributed by atoms with Gasteiger partial charge in [-0.15, -0.1) is 0 Å². The Hall–Kier alpha value is -1.58. The molecule has 17 heavy (non-hydrogen) atoms. The molecule has 0 heterocycles. The number of para-hydroxylation sites is 1. The Morgan fingerprint density at radius 3 is 2.65 bits per heavy atom. The van der Waals surface area contributed by atoms with E-state index in [0.717, 1.165) is 13.0 Å². The second-order valence-electron chi connectivity index (χ2n) is 3.94. The Morgan fingerprint density at radius 2 is 2.06 bits per heavy atom. The minimum Gasteiger partial charge on any atom is -0.481 e. The van der Waals surface area contributed by atoms with Gasteiger partial charge in [-0.25, -0.2) is 4.39 Å². The van der Waals surface area contributed by atoms with Crippen LogP contribution in [0.1, 0.15) is 26.2 Å². The lowest BCUT2D eigenvalue weighted by atomic mass is 10.2. The van der Waals surface area contributed by atoms with Crippen molar-refractivity contribution < 1.29 is 14.3 Å². The summed E-state index contributed by atoms with van der Waals surface area (Å²) in [5, 5.41) is 8.59. The van der Waals surface area contributed by atoms with E-state index in [-0.39, 0.29) is 12.2 Å². The van der Waals surface area contributed by atoms with Crippen molar-refractivity contribution in [2.24, 2.45) is 0 Å². The number of carboxylic acids is 1. The van der Waals surface area contributed by atoms with Gasteiger partial charge in [0.25, 0.3) is 0 Å². The smallest absolute Gasteiger partial charge is 0.303 e. The summed E-state index contributed by atoms with van der Waals surface area (Å²) in [4.78, 5) is 12.4. The summed E-state index contributed by atoms with van der Waals surface area (Å²) in [6.07, 6.45) is 1.56. The van der Waals surface area contributed by atoms with Crippen molar-refractivity contribution in [3.8, 4) is 0 Å². The van der Waals surface area contributed by atoms with Gasteiger partial charge in [-0.2, -0.15) is 0 Å². The lowest BCUT2D eigenvalue weighted by Gasteiger charge is -2.24. The monoisotopic (exact) mass is 239 g/mol. The first kappa shape index (κ1) is 13.5. The van der Waals surface area contributed by atoms with Crippen LogP contribution in [0.5, 0.6) is 0 Å². The fourth-order valence-electron chi connectivity index (χ4n) is 1.75. The molecule has 1 rings (SSSR count). The molecule has 0 aliphatic carbocycles. The van der Waals surface area contributed by atoms with Gasteiger partial charge < -0.3 is 10.0 Å². The molecule has 0 radical (unpaired) electrons. The van der Waals surface area contributed by atoms with Crippen LogP contribution in [0.3, 0.4) is 0 Å². The van der Waals surface area contributed by atoms with Gasteiger partial charge in [0.1, 0.15) is 5.82 Å². The number of rotatable bonds is 7. The van der Waals surface area contributed by atoms with Gasteiger partial charge in [0.2, 0.25) is 0 Å². The summed E-state index contributed by atoms with van der Waals surface area (Å²) < 4.78 is 13.6. The van der Waals surface area contributed by atoms with E-state index in [9.17, 15) is 9.18 Å². The van der Waals surface area contributed by atoms with E-state index >= 15 is 0 Å². The van der Waals surface area contributed by atoms with Crippen molar-refractivity contribution in [1.29, 1.82) is 0 Å². The van der Waals surface area contributed by atoms with Crippen LogP contribution in [0.4, 0.5) is 10.1 Å². The van der Waals surface area contributed by atoms with E-state index in [1.165, 1.54) is 6.07 Å². The highest BCUT2D eigenvalue weighted by Gasteiger charge is 2.10. The molecule has 0 aliphatic rings. The zero-order chi connectivity index (χ0) is 12.7. The number of hydrogen-bond acceptors (Lipinski definition) is 2. The van der Waals surface area contributed by atoms with Crippen molar-refractivity contribution in [2.75, 3.05) is 18.0 Å². The fourth-order valence-corrected chi connectivity index (χ4v) is 1.75. The van der Waals surface area contributed by atoms with E-state index in [0.29, 0.717) is 18.7 Å². The minimum atomic E-state index is -0.810. The number of halogens is 1. The second-order valence-corrected chi connectivity index (χ2v) is 3.94. The number of anilines is 1. The number of carbonyl (C=O) groups is 1. The summed E-state index contributed by atoms with van der Waals surface area (Å²) in [5.41, 5.74) is 0.555. The molecule has 1 aromatic carbocycles. The molecular weight excluding hydrogens is 221 g/mol. The molecule has 1 aromatic rings. The lowest BCUT2D eigenvalue weighted by Crippen LogP contribution is -2.26. The zero-order valence-electron chi connectivity index (χ0n) is 10.0. The highest BCUT2D eigenvalue weighted by Crippen LogP contribution is 2.19. The Balaban J connectivity index is 2.65. The van der Waals surface area contributed by atoms with Crippen molar-refractivity contribution in [2.45, 2.75) is 26.2 Å². The standard InChI is InChI=1S/C13H18FNO2/c1-2-9-15(10-5-8-13(16)17)12-7-4-3-6-11(12)14/h3-4,6-7H,2,5,8-10H2,1H3,(H,16,17). The topological polar surface area (TPSA) is 40.5 Å². The van der Waals surface area contributed by atoms with Gasteiger partial charge in [-0.05, 0) is 25.0 Å². The van der Waals surface area contributed by atoms with Crippen molar-refractivity contribution in [3.05, 3.63) is 30.1 Å². The van der Waals surface area contributed by atoms with Crippen LogP contribution in [-0.2, 0) is 4.79 Å². The van der Waals surface area contributed by atoms with Gasteiger partial charge in [-0.1, -0.05) is 19.1 Å². The molecular formula is C13H18FNO2. The SMILES string of the molecule is CCCN(CCCC(=O)O)c1ccccc1F. The molecule has 0 fully saturated rings. The highest BCUT2D eigenvalue weighted by atomic mass is 19.1. The zero-order valence-corrected chi connectivity index (χ0v) is 10.0. The first-order chi connectivity index (χ1) is 8.15. The second kappa shape index (κ2) is 6.89. The average Bonchev–Trinajstić information content (AvgIpc) is 2.28.